The summed E-state index contributed by atoms with van der Waals surface area (Å²) < 4.78 is 0. The summed E-state index contributed by atoms with van der Waals surface area (Å²) in [6, 6.07) is 12.6. The van der Waals surface area contributed by atoms with Gasteiger partial charge in [0.25, 0.3) is 0 Å². The SMILES string of the molecule is Cc1cc(N)c(Nc2ccc(C(C)C)cc2)cc1C. The predicted octanol–water partition coefficient (Wildman–Crippen LogP) is 4.75. The molecule has 0 saturated carbocycles. The van der Waals surface area contributed by atoms with E-state index in [0.29, 0.717) is 5.92 Å². The molecule has 0 bridgehead atoms. The number of rotatable bonds is 3. The van der Waals surface area contributed by atoms with Gasteiger partial charge in [-0.15, -0.1) is 0 Å². The van der Waals surface area contributed by atoms with Crippen LogP contribution in [0, 0.1) is 13.8 Å². The third-order valence-corrected chi connectivity index (χ3v) is 3.52. The second-order valence-corrected chi connectivity index (χ2v) is 5.43. The third-order valence-electron chi connectivity index (χ3n) is 3.52. The van der Waals surface area contributed by atoms with Crippen LogP contribution in [-0.2, 0) is 0 Å². The minimum atomic E-state index is 0.556. The van der Waals surface area contributed by atoms with E-state index in [-0.39, 0.29) is 0 Å². The Balaban J connectivity index is 2.24. The zero-order chi connectivity index (χ0) is 14.0. The van der Waals surface area contributed by atoms with Crippen LogP contribution in [0.25, 0.3) is 0 Å². The van der Waals surface area contributed by atoms with Crippen LogP contribution in [0.5, 0.6) is 0 Å². The molecule has 0 amide bonds. The van der Waals surface area contributed by atoms with Gasteiger partial charge in [-0.2, -0.15) is 0 Å². The molecule has 2 aromatic rings. The number of nitrogens with two attached hydrogens (primary N) is 1. The summed E-state index contributed by atoms with van der Waals surface area (Å²) in [5, 5.41) is 3.38. The minimum absolute atomic E-state index is 0.556. The van der Waals surface area contributed by atoms with Crippen LogP contribution in [0.4, 0.5) is 17.1 Å². The van der Waals surface area contributed by atoms with Crippen LogP contribution in [0.15, 0.2) is 36.4 Å². The standard InChI is InChI=1S/C17H22N2/c1-11(2)14-5-7-15(8-6-14)19-17-10-13(4)12(3)9-16(17)18/h5-11,19H,18H2,1-4H3. The summed E-state index contributed by atoms with van der Waals surface area (Å²) >= 11 is 0. The van der Waals surface area contributed by atoms with E-state index in [4.69, 9.17) is 5.73 Å². The first-order chi connectivity index (χ1) is 8.97. The van der Waals surface area contributed by atoms with E-state index in [0.717, 1.165) is 17.1 Å². The van der Waals surface area contributed by atoms with E-state index in [1.54, 1.807) is 0 Å². The van der Waals surface area contributed by atoms with Gasteiger partial charge in [0, 0.05) is 5.69 Å². The van der Waals surface area contributed by atoms with Crippen molar-refractivity contribution in [2.75, 3.05) is 11.1 Å². The molecular formula is C17H22N2. The molecule has 0 saturated heterocycles. The van der Waals surface area contributed by atoms with Crippen LogP contribution in [0.1, 0.15) is 36.5 Å². The highest BCUT2D eigenvalue weighted by Crippen LogP contribution is 2.27. The van der Waals surface area contributed by atoms with Gasteiger partial charge < -0.3 is 11.1 Å². The van der Waals surface area contributed by atoms with E-state index in [9.17, 15) is 0 Å². The molecule has 2 aromatic carbocycles. The number of hydrogen-bond donors (Lipinski definition) is 2. The molecule has 0 heterocycles. The van der Waals surface area contributed by atoms with Gasteiger partial charge in [-0.1, -0.05) is 26.0 Å². The molecule has 3 N–H and O–H groups in total. The lowest BCUT2D eigenvalue weighted by molar-refractivity contribution is 0.867. The smallest absolute Gasteiger partial charge is 0.0620 e. The van der Waals surface area contributed by atoms with Crippen molar-refractivity contribution in [3.05, 3.63) is 53.1 Å². The molecule has 100 valence electrons. The lowest BCUT2D eigenvalue weighted by Gasteiger charge is -2.13. The minimum Gasteiger partial charge on any atom is -0.397 e. The molecule has 0 fully saturated rings. The predicted molar refractivity (Wildman–Crippen MR) is 84.1 cm³/mol. The number of aryl methyl sites for hydroxylation is 2. The van der Waals surface area contributed by atoms with E-state index in [1.165, 1.54) is 16.7 Å². The van der Waals surface area contributed by atoms with Crippen molar-refractivity contribution in [3.63, 3.8) is 0 Å². The molecule has 0 spiro atoms. The molecule has 0 atom stereocenters. The van der Waals surface area contributed by atoms with Crippen LogP contribution in [0.3, 0.4) is 0 Å². The van der Waals surface area contributed by atoms with Crippen molar-refractivity contribution in [1.82, 2.24) is 0 Å². The number of nitrogen functional groups attached to an aromatic ring is 1. The average Bonchev–Trinajstić information content (AvgIpc) is 2.36. The summed E-state index contributed by atoms with van der Waals surface area (Å²) in [5.74, 6) is 0.556. The van der Waals surface area contributed by atoms with E-state index < -0.39 is 0 Å². The highest BCUT2D eigenvalue weighted by molar-refractivity contribution is 5.74. The van der Waals surface area contributed by atoms with Crippen molar-refractivity contribution in [2.24, 2.45) is 0 Å². The zero-order valence-corrected chi connectivity index (χ0v) is 12.1. The number of benzene rings is 2. The van der Waals surface area contributed by atoms with Crippen LogP contribution in [0.2, 0.25) is 0 Å². The fourth-order valence-corrected chi connectivity index (χ4v) is 2.05. The molecule has 0 aliphatic rings. The molecule has 0 unspecified atom stereocenters. The van der Waals surface area contributed by atoms with Gasteiger partial charge in [0.2, 0.25) is 0 Å². The van der Waals surface area contributed by atoms with Gasteiger partial charge in [0.05, 0.1) is 11.4 Å². The second kappa shape index (κ2) is 5.35. The Morgan fingerprint density at radius 2 is 1.53 bits per heavy atom. The van der Waals surface area contributed by atoms with Gasteiger partial charge in [0.15, 0.2) is 0 Å². The number of anilines is 3. The molecule has 2 heteroatoms. The van der Waals surface area contributed by atoms with Crippen molar-refractivity contribution >= 4 is 17.1 Å². The fraction of sp³-hybridized carbons (Fsp3) is 0.294. The van der Waals surface area contributed by atoms with E-state index in [1.807, 2.05) is 6.07 Å². The normalized spacial score (nSPS) is 10.8. The van der Waals surface area contributed by atoms with Crippen molar-refractivity contribution in [1.29, 1.82) is 0 Å². The van der Waals surface area contributed by atoms with E-state index >= 15 is 0 Å². The molecule has 2 nitrogen and oxygen atoms in total. The fourth-order valence-electron chi connectivity index (χ4n) is 2.05. The summed E-state index contributed by atoms with van der Waals surface area (Å²) in [6.07, 6.45) is 0. The Kier molecular flexibility index (Phi) is 3.79. The first-order valence-corrected chi connectivity index (χ1v) is 6.71. The summed E-state index contributed by atoms with van der Waals surface area (Å²) in [5.41, 5.74) is 12.7. The lowest BCUT2D eigenvalue weighted by Crippen LogP contribution is -1.98. The lowest BCUT2D eigenvalue weighted by atomic mass is 10.0. The number of nitrogens with one attached hydrogen (secondary N) is 1. The van der Waals surface area contributed by atoms with Crippen LogP contribution >= 0.6 is 0 Å². The molecule has 0 aromatic heterocycles. The van der Waals surface area contributed by atoms with Crippen molar-refractivity contribution in [2.45, 2.75) is 33.6 Å². The van der Waals surface area contributed by atoms with Crippen molar-refractivity contribution < 1.29 is 0 Å². The third kappa shape index (κ3) is 3.08. The molecule has 2 rings (SSSR count). The van der Waals surface area contributed by atoms with Gasteiger partial charge in [-0.25, -0.2) is 0 Å². The Bertz CT molecular complexity index is 569. The quantitative estimate of drug-likeness (QED) is 0.775. The monoisotopic (exact) mass is 254 g/mol. The molecule has 0 radical (unpaired) electrons. The van der Waals surface area contributed by atoms with Crippen molar-refractivity contribution in [3.8, 4) is 0 Å². The highest BCUT2D eigenvalue weighted by atomic mass is 14.9. The van der Waals surface area contributed by atoms with Gasteiger partial charge >= 0.3 is 0 Å². The summed E-state index contributed by atoms with van der Waals surface area (Å²) in [6.45, 7) is 8.57. The summed E-state index contributed by atoms with van der Waals surface area (Å²) in [4.78, 5) is 0. The first-order valence-electron chi connectivity index (χ1n) is 6.71. The second-order valence-electron chi connectivity index (χ2n) is 5.43. The highest BCUT2D eigenvalue weighted by Gasteiger charge is 2.04. The number of hydrogen-bond acceptors (Lipinski definition) is 2. The molecule has 0 aliphatic carbocycles. The first kappa shape index (κ1) is 13.5. The Morgan fingerprint density at radius 3 is 2.11 bits per heavy atom. The molecule has 19 heavy (non-hydrogen) atoms. The van der Waals surface area contributed by atoms with Gasteiger partial charge in [0.1, 0.15) is 0 Å². The molecular weight excluding hydrogens is 232 g/mol. The topological polar surface area (TPSA) is 38.0 Å². The zero-order valence-electron chi connectivity index (χ0n) is 12.1. The van der Waals surface area contributed by atoms with Crippen LogP contribution in [-0.4, -0.2) is 0 Å². The van der Waals surface area contributed by atoms with Gasteiger partial charge in [-0.05, 0) is 60.7 Å². The largest absolute Gasteiger partial charge is 0.397 e. The maximum atomic E-state index is 6.05. The Labute approximate surface area is 115 Å². The Morgan fingerprint density at radius 1 is 0.947 bits per heavy atom. The summed E-state index contributed by atoms with van der Waals surface area (Å²) in [7, 11) is 0. The maximum absolute atomic E-state index is 6.05. The van der Waals surface area contributed by atoms with E-state index in [2.05, 4.69) is 63.3 Å². The van der Waals surface area contributed by atoms with Crippen LogP contribution < -0.4 is 11.1 Å². The average molecular weight is 254 g/mol. The van der Waals surface area contributed by atoms with Gasteiger partial charge in [-0.3, -0.25) is 0 Å². The molecule has 0 aliphatic heterocycles. The maximum Gasteiger partial charge on any atom is 0.0620 e. The Hall–Kier alpha value is -1.96.